The Kier molecular flexibility index (Phi) is 5.44. The molecule has 6 nitrogen and oxygen atoms in total. The fraction of sp³-hybridized carbons (Fsp3) is 0.286. The van der Waals surface area contributed by atoms with Gasteiger partial charge in [0.05, 0.1) is 0 Å². The molecule has 1 heterocycles. The minimum Gasteiger partial charge on any atom is -0.354 e. The van der Waals surface area contributed by atoms with Crippen LogP contribution in [0.5, 0.6) is 0 Å². The molecule has 0 unspecified atom stereocenters. The highest BCUT2D eigenvalue weighted by Crippen LogP contribution is 2.28. The highest BCUT2D eigenvalue weighted by Gasteiger charge is 2.49. The average molecular weight is 383 g/mol. The van der Waals surface area contributed by atoms with Crippen molar-refractivity contribution in [3.05, 3.63) is 71.0 Å². The number of urea groups is 1. The first kappa shape index (κ1) is 19.5. The van der Waals surface area contributed by atoms with Gasteiger partial charge in [0.1, 0.15) is 17.9 Å². The van der Waals surface area contributed by atoms with E-state index in [9.17, 15) is 18.8 Å². The SMILES string of the molecule is Cc1ccc([C@@]2(C)NC(=O)N(CC(=O)NCCc3ccc(F)cc3)C2=O)cc1. The van der Waals surface area contributed by atoms with Crippen LogP contribution in [0.25, 0.3) is 0 Å². The zero-order valence-corrected chi connectivity index (χ0v) is 15.8. The molecule has 0 spiro atoms. The molecular weight excluding hydrogens is 361 g/mol. The van der Waals surface area contributed by atoms with E-state index in [1.54, 1.807) is 31.2 Å². The van der Waals surface area contributed by atoms with Crippen LogP contribution in [0, 0.1) is 12.7 Å². The smallest absolute Gasteiger partial charge is 0.325 e. The Morgan fingerprint density at radius 1 is 1.11 bits per heavy atom. The number of aryl methyl sites for hydroxylation is 1. The molecule has 1 saturated heterocycles. The number of nitrogens with zero attached hydrogens (tertiary/aromatic N) is 1. The second-order valence-corrected chi connectivity index (χ2v) is 7.04. The zero-order valence-electron chi connectivity index (χ0n) is 15.8. The maximum Gasteiger partial charge on any atom is 0.325 e. The third-order valence-corrected chi connectivity index (χ3v) is 4.85. The number of amides is 4. The van der Waals surface area contributed by atoms with Crippen molar-refractivity contribution in [3.8, 4) is 0 Å². The molecule has 28 heavy (non-hydrogen) atoms. The number of nitrogens with one attached hydrogen (secondary N) is 2. The summed E-state index contributed by atoms with van der Waals surface area (Å²) in [6, 6.07) is 12.7. The summed E-state index contributed by atoms with van der Waals surface area (Å²) >= 11 is 0. The molecule has 1 atom stereocenters. The Balaban J connectivity index is 1.58. The van der Waals surface area contributed by atoms with Gasteiger partial charge in [-0.05, 0) is 43.5 Å². The van der Waals surface area contributed by atoms with Crippen molar-refractivity contribution in [1.82, 2.24) is 15.5 Å². The van der Waals surface area contributed by atoms with Gasteiger partial charge >= 0.3 is 6.03 Å². The molecule has 146 valence electrons. The number of carbonyl (C=O) groups is 3. The summed E-state index contributed by atoms with van der Waals surface area (Å²) in [5.41, 5.74) is 1.39. The molecule has 0 aromatic heterocycles. The van der Waals surface area contributed by atoms with Crippen LogP contribution in [0.15, 0.2) is 48.5 Å². The molecule has 4 amide bonds. The minimum absolute atomic E-state index is 0.317. The van der Waals surface area contributed by atoms with Crippen LogP contribution in [0.1, 0.15) is 23.6 Å². The van der Waals surface area contributed by atoms with Crippen molar-refractivity contribution in [2.24, 2.45) is 0 Å². The Bertz CT molecular complexity index is 896. The molecule has 0 bridgehead atoms. The van der Waals surface area contributed by atoms with Gasteiger partial charge in [0.25, 0.3) is 5.91 Å². The van der Waals surface area contributed by atoms with E-state index in [-0.39, 0.29) is 12.4 Å². The van der Waals surface area contributed by atoms with E-state index in [1.165, 1.54) is 12.1 Å². The van der Waals surface area contributed by atoms with Gasteiger partial charge in [0.15, 0.2) is 0 Å². The van der Waals surface area contributed by atoms with E-state index in [4.69, 9.17) is 0 Å². The lowest BCUT2D eigenvalue weighted by Crippen LogP contribution is -2.43. The van der Waals surface area contributed by atoms with Crippen LogP contribution < -0.4 is 10.6 Å². The summed E-state index contributed by atoms with van der Waals surface area (Å²) in [5.74, 6) is -1.21. The second-order valence-electron chi connectivity index (χ2n) is 7.04. The van der Waals surface area contributed by atoms with Crippen molar-refractivity contribution >= 4 is 17.8 Å². The first-order valence-corrected chi connectivity index (χ1v) is 9.02. The van der Waals surface area contributed by atoms with Crippen LogP contribution in [-0.4, -0.2) is 35.8 Å². The number of hydrogen-bond acceptors (Lipinski definition) is 3. The van der Waals surface area contributed by atoms with E-state index in [1.807, 2.05) is 19.1 Å². The number of imide groups is 1. The third kappa shape index (κ3) is 4.03. The van der Waals surface area contributed by atoms with Gasteiger partial charge in [0.2, 0.25) is 5.91 Å². The Morgan fingerprint density at radius 3 is 2.39 bits per heavy atom. The fourth-order valence-electron chi connectivity index (χ4n) is 3.12. The highest BCUT2D eigenvalue weighted by atomic mass is 19.1. The van der Waals surface area contributed by atoms with Crippen LogP contribution in [-0.2, 0) is 21.5 Å². The number of hydrogen-bond donors (Lipinski definition) is 2. The van der Waals surface area contributed by atoms with Crippen molar-refractivity contribution in [1.29, 1.82) is 0 Å². The number of carbonyl (C=O) groups excluding carboxylic acids is 3. The van der Waals surface area contributed by atoms with Gasteiger partial charge in [-0.15, -0.1) is 0 Å². The molecule has 2 aromatic rings. The molecule has 3 rings (SSSR count). The quantitative estimate of drug-likeness (QED) is 0.751. The Hall–Kier alpha value is -3.22. The van der Waals surface area contributed by atoms with E-state index in [0.717, 1.165) is 16.0 Å². The molecule has 7 heteroatoms. The average Bonchev–Trinajstić information content (AvgIpc) is 2.88. The van der Waals surface area contributed by atoms with Crippen molar-refractivity contribution < 1.29 is 18.8 Å². The number of halogens is 1. The van der Waals surface area contributed by atoms with E-state index >= 15 is 0 Å². The molecule has 2 aromatic carbocycles. The minimum atomic E-state index is -1.20. The summed E-state index contributed by atoms with van der Waals surface area (Å²) in [5, 5.41) is 5.36. The van der Waals surface area contributed by atoms with Gasteiger partial charge in [-0.3, -0.25) is 14.5 Å². The van der Waals surface area contributed by atoms with Gasteiger partial charge < -0.3 is 10.6 Å². The molecule has 1 aliphatic heterocycles. The largest absolute Gasteiger partial charge is 0.354 e. The normalized spacial score (nSPS) is 18.9. The summed E-state index contributed by atoms with van der Waals surface area (Å²) in [4.78, 5) is 38.2. The summed E-state index contributed by atoms with van der Waals surface area (Å²) in [7, 11) is 0. The monoisotopic (exact) mass is 383 g/mol. The second kappa shape index (κ2) is 7.80. The lowest BCUT2D eigenvalue weighted by Gasteiger charge is -2.22. The Morgan fingerprint density at radius 2 is 1.75 bits per heavy atom. The molecule has 2 N–H and O–H groups in total. The van der Waals surface area contributed by atoms with Crippen molar-refractivity contribution in [3.63, 3.8) is 0 Å². The molecule has 0 radical (unpaired) electrons. The predicted molar refractivity (Wildman–Crippen MR) is 102 cm³/mol. The maximum absolute atomic E-state index is 12.9. The number of rotatable bonds is 6. The van der Waals surface area contributed by atoms with Gasteiger partial charge in [-0.25, -0.2) is 9.18 Å². The van der Waals surface area contributed by atoms with E-state index in [2.05, 4.69) is 10.6 Å². The topological polar surface area (TPSA) is 78.5 Å². The molecule has 1 aliphatic rings. The maximum atomic E-state index is 12.9. The number of benzene rings is 2. The molecule has 0 aliphatic carbocycles. The molecule has 0 saturated carbocycles. The lowest BCUT2D eigenvalue weighted by atomic mass is 9.91. The van der Waals surface area contributed by atoms with Crippen LogP contribution in [0.4, 0.5) is 9.18 Å². The van der Waals surface area contributed by atoms with E-state index < -0.39 is 23.4 Å². The van der Waals surface area contributed by atoms with Crippen molar-refractivity contribution in [2.45, 2.75) is 25.8 Å². The molecular formula is C21H22FN3O3. The summed E-state index contributed by atoms with van der Waals surface area (Å²) in [6.45, 7) is 3.53. The summed E-state index contributed by atoms with van der Waals surface area (Å²) < 4.78 is 12.9. The van der Waals surface area contributed by atoms with Gasteiger partial charge in [0, 0.05) is 6.54 Å². The van der Waals surface area contributed by atoms with Crippen molar-refractivity contribution in [2.75, 3.05) is 13.1 Å². The first-order valence-electron chi connectivity index (χ1n) is 9.02. The standard InChI is InChI=1S/C21H22FN3O3/c1-14-3-7-16(8-4-14)21(2)19(27)25(20(28)24-21)13-18(26)23-12-11-15-5-9-17(22)10-6-15/h3-10H,11-13H2,1-2H3,(H,23,26)(H,24,28)/t21-/m1/s1. The predicted octanol–water partition coefficient (Wildman–Crippen LogP) is 2.26. The first-order chi connectivity index (χ1) is 13.3. The zero-order chi connectivity index (χ0) is 20.3. The lowest BCUT2D eigenvalue weighted by molar-refractivity contribution is -0.134. The third-order valence-electron chi connectivity index (χ3n) is 4.85. The van der Waals surface area contributed by atoms with Gasteiger partial charge in [-0.1, -0.05) is 42.0 Å². The summed E-state index contributed by atoms with van der Waals surface area (Å²) in [6.07, 6.45) is 0.521. The van der Waals surface area contributed by atoms with Crippen LogP contribution in [0.3, 0.4) is 0 Å². The van der Waals surface area contributed by atoms with Crippen LogP contribution >= 0.6 is 0 Å². The fourth-order valence-corrected chi connectivity index (χ4v) is 3.12. The highest BCUT2D eigenvalue weighted by molar-refractivity contribution is 6.09. The molecule has 1 fully saturated rings. The van der Waals surface area contributed by atoms with Gasteiger partial charge in [-0.2, -0.15) is 0 Å². The Labute approximate surface area is 162 Å². The van der Waals surface area contributed by atoms with E-state index in [0.29, 0.717) is 18.5 Å². The van der Waals surface area contributed by atoms with Crippen LogP contribution in [0.2, 0.25) is 0 Å².